The maximum atomic E-state index is 13.5. The quantitative estimate of drug-likeness (QED) is 0.655. The molecule has 1 amide bonds. The van der Waals surface area contributed by atoms with Gasteiger partial charge in [0, 0.05) is 10.9 Å². The first-order valence-electron chi connectivity index (χ1n) is 6.38. The molecule has 98 valence electrons. The van der Waals surface area contributed by atoms with Gasteiger partial charge in [-0.15, -0.1) is 0 Å². The largest absolute Gasteiger partial charge is 0.348 e. The molecule has 1 aromatic carbocycles. The van der Waals surface area contributed by atoms with E-state index in [0.717, 1.165) is 19.3 Å². The second-order valence-electron chi connectivity index (χ2n) is 4.71. The van der Waals surface area contributed by atoms with E-state index in [-0.39, 0.29) is 22.3 Å². The van der Waals surface area contributed by atoms with Crippen molar-refractivity contribution in [2.24, 2.45) is 0 Å². The van der Waals surface area contributed by atoms with Gasteiger partial charge in [0.25, 0.3) is 5.91 Å². The van der Waals surface area contributed by atoms with Gasteiger partial charge in [0.05, 0.1) is 5.56 Å². The van der Waals surface area contributed by atoms with Gasteiger partial charge in [-0.1, -0.05) is 47.3 Å². The lowest BCUT2D eigenvalue weighted by atomic mass is 10.1. The summed E-state index contributed by atoms with van der Waals surface area (Å²) in [5, 5.41) is 2.94. The van der Waals surface area contributed by atoms with Crippen LogP contribution in [-0.2, 0) is 0 Å². The van der Waals surface area contributed by atoms with Crippen LogP contribution in [-0.4, -0.2) is 16.8 Å². The summed E-state index contributed by atoms with van der Waals surface area (Å²) < 4.78 is 13.5. The van der Waals surface area contributed by atoms with Crippen molar-refractivity contribution in [1.82, 2.24) is 5.32 Å². The highest BCUT2D eigenvalue weighted by Crippen LogP contribution is 2.24. The molecule has 2 atom stereocenters. The van der Waals surface area contributed by atoms with Crippen LogP contribution in [0.15, 0.2) is 24.3 Å². The van der Waals surface area contributed by atoms with Crippen LogP contribution in [0, 0.1) is 5.82 Å². The molecule has 2 unspecified atom stereocenters. The molecule has 0 heterocycles. The number of hydrogen-bond acceptors (Lipinski definition) is 1. The lowest BCUT2D eigenvalue weighted by Crippen LogP contribution is -2.40. The first-order chi connectivity index (χ1) is 8.68. The summed E-state index contributed by atoms with van der Waals surface area (Å²) in [7, 11) is 0. The van der Waals surface area contributed by atoms with E-state index in [1.807, 2.05) is 0 Å². The molecule has 0 radical (unpaired) electrons. The third kappa shape index (κ3) is 3.31. The van der Waals surface area contributed by atoms with Crippen LogP contribution in [0.25, 0.3) is 0 Å². The fraction of sp³-hybridized carbons (Fsp3) is 0.500. The van der Waals surface area contributed by atoms with Crippen molar-refractivity contribution < 1.29 is 9.18 Å². The lowest BCUT2D eigenvalue weighted by Gasteiger charge is -2.21. The Hall–Kier alpha value is -0.900. The van der Waals surface area contributed by atoms with E-state index < -0.39 is 5.82 Å². The molecule has 1 aliphatic rings. The van der Waals surface area contributed by atoms with Crippen molar-refractivity contribution in [3.63, 3.8) is 0 Å². The number of benzene rings is 1. The maximum absolute atomic E-state index is 13.5. The van der Waals surface area contributed by atoms with Gasteiger partial charge < -0.3 is 5.32 Å². The van der Waals surface area contributed by atoms with E-state index in [1.165, 1.54) is 25.0 Å². The van der Waals surface area contributed by atoms with Gasteiger partial charge in [-0.3, -0.25) is 4.79 Å². The molecule has 2 rings (SSSR count). The number of hydrogen-bond donors (Lipinski definition) is 1. The average Bonchev–Trinajstić information content (AvgIpc) is 2.55. The molecule has 0 spiro atoms. The molecule has 1 N–H and O–H groups in total. The molecular formula is C14H17BrFNO. The van der Waals surface area contributed by atoms with Crippen LogP contribution >= 0.6 is 15.9 Å². The molecular weight excluding hydrogens is 297 g/mol. The summed E-state index contributed by atoms with van der Waals surface area (Å²) in [5.74, 6) is -0.779. The minimum Gasteiger partial charge on any atom is -0.348 e. The van der Waals surface area contributed by atoms with Gasteiger partial charge in [-0.05, 0) is 25.0 Å². The van der Waals surface area contributed by atoms with Crippen molar-refractivity contribution in [1.29, 1.82) is 0 Å². The van der Waals surface area contributed by atoms with Crippen LogP contribution in [0.2, 0.25) is 0 Å². The molecule has 1 fully saturated rings. The second kappa shape index (κ2) is 6.32. The molecule has 0 saturated heterocycles. The van der Waals surface area contributed by atoms with Crippen LogP contribution in [0.4, 0.5) is 4.39 Å². The standard InChI is InChI=1S/C14H17BrFNO/c15-11-7-2-1-3-9-13(11)17-14(18)10-6-4-5-8-12(10)16/h4-6,8,11,13H,1-3,7,9H2,(H,17,18). The first kappa shape index (κ1) is 13.5. The topological polar surface area (TPSA) is 29.1 Å². The minimum atomic E-state index is -0.463. The Labute approximate surface area is 115 Å². The first-order valence-corrected chi connectivity index (χ1v) is 7.29. The lowest BCUT2D eigenvalue weighted by molar-refractivity contribution is 0.0931. The van der Waals surface area contributed by atoms with E-state index >= 15 is 0 Å². The predicted molar refractivity (Wildman–Crippen MR) is 73.5 cm³/mol. The third-order valence-corrected chi connectivity index (χ3v) is 4.46. The Kier molecular flexibility index (Phi) is 4.75. The highest BCUT2D eigenvalue weighted by Gasteiger charge is 2.24. The average molecular weight is 314 g/mol. The van der Waals surface area contributed by atoms with Crippen LogP contribution in [0.3, 0.4) is 0 Å². The highest BCUT2D eigenvalue weighted by molar-refractivity contribution is 9.09. The van der Waals surface area contributed by atoms with Gasteiger partial charge in [0.1, 0.15) is 5.82 Å². The van der Waals surface area contributed by atoms with E-state index in [0.29, 0.717) is 0 Å². The zero-order valence-electron chi connectivity index (χ0n) is 10.2. The van der Waals surface area contributed by atoms with E-state index in [9.17, 15) is 9.18 Å². The number of amides is 1. The van der Waals surface area contributed by atoms with Crippen LogP contribution in [0.1, 0.15) is 42.5 Å². The van der Waals surface area contributed by atoms with Gasteiger partial charge in [-0.25, -0.2) is 4.39 Å². The highest BCUT2D eigenvalue weighted by atomic mass is 79.9. The summed E-state index contributed by atoms with van der Waals surface area (Å²) >= 11 is 3.62. The SMILES string of the molecule is O=C(NC1CCCCCC1Br)c1ccccc1F. The molecule has 1 saturated carbocycles. The summed E-state index contributed by atoms with van der Waals surface area (Å²) in [6.45, 7) is 0. The fourth-order valence-electron chi connectivity index (χ4n) is 2.32. The Morgan fingerprint density at radius 2 is 1.94 bits per heavy atom. The van der Waals surface area contributed by atoms with Gasteiger partial charge >= 0.3 is 0 Å². The predicted octanol–water partition coefficient (Wildman–Crippen LogP) is 3.65. The van der Waals surface area contributed by atoms with Gasteiger partial charge in [0.2, 0.25) is 0 Å². The fourth-order valence-corrected chi connectivity index (χ4v) is 3.04. The number of nitrogens with one attached hydrogen (secondary N) is 1. The maximum Gasteiger partial charge on any atom is 0.254 e. The van der Waals surface area contributed by atoms with Crippen molar-refractivity contribution in [2.45, 2.75) is 43.0 Å². The number of carbonyl (C=O) groups excluding carboxylic acids is 1. The van der Waals surface area contributed by atoms with Crippen molar-refractivity contribution >= 4 is 21.8 Å². The van der Waals surface area contributed by atoms with Gasteiger partial charge in [-0.2, -0.15) is 0 Å². The number of alkyl halides is 1. The van der Waals surface area contributed by atoms with Gasteiger partial charge in [0.15, 0.2) is 0 Å². The Morgan fingerprint density at radius 1 is 1.22 bits per heavy atom. The molecule has 18 heavy (non-hydrogen) atoms. The number of halogens is 2. The zero-order valence-corrected chi connectivity index (χ0v) is 11.7. The summed E-state index contributed by atoms with van der Waals surface area (Å²) in [6, 6.07) is 6.19. The Balaban J connectivity index is 2.04. The molecule has 0 bridgehead atoms. The Bertz CT molecular complexity index is 424. The molecule has 4 heteroatoms. The summed E-state index contributed by atoms with van der Waals surface area (Å²) in [5.41, 5.74) is 0.126. The van der Waals surface area contributed by atoms with E-state index in [4.69, 9.17) is 0 Å². The Morgan fingerprint density at radius 3 is 2.72 bits per heavy atom. The van der Waals surface area contributed by atoms with Crippen molar-refractivity contribution in [2.75, 3.05) is 0 Å². The monoisotopic (exact) mass is 313 g/mol. The molecule has 0 aliphatic heterocycles. The molecule has 2 nitrogen and oxygen atoms in total. The van der Waals surface area contributed by atoms with Crippen LogP contribution < -0.4 is 5.32 Å². The smallest absolute Gasteiger partial charge is 0.254 e. The van der Waals surface area contributed by atoms with Crippen molar-refractivity contribution in [3.8, 4) is 0 Å². The minimum absolute atomic E-state index is 0.0969. The summed E-state index contributed by atoms with van der Waals surface area (Å²) in [6.07, 6.45) is 5.51. The second-order valence-corrected chi connectivity index (χ2v) is 5.89. The summed E-state index contributed by atoms with van der Waals surface area (Å²) in [4.78, 5) is 12.3. The molecule has 1 aromatic rings. The van der Waals surface area contributed by atoms with E-state index in [2.05, 4.69) is 21.2 Å². The molecule has 1 aliphatic carbocycles. The number of rotatable bonds is 2. The van der Waals surface area contributed by atoms with Crippen molar-refractivity contribution in [3.05, 3.63) is 35.6 Å². The normalized spacial score (nSPS) is 24.3. The molecule has 0 aromatic heterocycles. The zero-order chi connectivity index (χ0) is 13.0. The van der Waals surface area contributed by atoms with Crippen LogP contribution in [0.5, 0.6) is 0 Å². The van der Waals surface area contributed by atoms with E-state index in [1.54, 1.807) is 12.1 Å². The number of carbonyl (C=O) groups is 1. The third-order valence-electron chi connectivity index (χ3n) is 3.37.